The molecule has 0 unspecified atom stereocenters. The monoisotopic (exact) mass is 140 g/mol. The van der Waals surface area contributed by atoms with Gasteiger partial charge < -0.3 is 5.11 Å². The zero-order valence-corrected chi connectivity index (χ0v) is 6.35. The third kappa shape index (κ3) is 0.939. The van der Waals surface area contributed by atoms with Crippen LogP contribution in [0, 0.1) is 5.92 Å². The summed E-state index contributed by atoms with van der Waals surface area (Å²) in [6, 6.07) is 0. The van der Waals surface area contributed by atoms with Gasteiger partial charge in [0, 0.05) is 5.92 Å². The van der Waals surface area contributed by atoms with Crippen molar-refractivity contribution in [3.05, 3.63) is 11.3 Å². The van der Waals surface area contributed by atoms with Gasteiger partial charge in [-0.25, -0.2) is 0 Å². The van der Waals surface area contributed by atoms with Gasteiger partial charge in [-0.15, -0.1) is 0 Å². The van der Waals surface area contributed by atoms with Crippen molar-refractivity contribution in [2.75, 3.05) is 0 Å². The molecule has 1 aliphatic rings. The topological polar surface area (TPSA) is 37.3 Å². The van der Waals surface area contributed by atoms with E-state index in [4.69, 9.17) is 5.11 Å². The Morgan fingerprint density at radius 1 is 1.70 bits per heavy atom. The van der Waals surface area contributed by atoms with Crippen LogP contribution in [0.25, 0.3) is 0 Å². The van der Waals surface area contributed by atoms with E-state index in [-0.39, 0.29) is 17.5 Å². The van der Waals surface area contributed by atoms with Gasteiger partial charge >= 0.3 is 0 Å². The van der Waals surface area contributed by atoms with Crippen LogP contribution in [0.5, 0.6) is 0 Å². The van der Waals surface area contributed by atoms with Gasteiger partial charge in [-0.05, 0) is 18.4 Å². The van der Waals surface area contributed by atoms with E-state index in [0.717, 1.165) is 18.4 Å². The van der Waals surface area contributed by atoms with E-state index in [2.05, 4.69) is 0 Å². The van der Waals surface area contributed by atoms with Crippen LogP contribution in [0.3, 0.4) is 0 Å². The van der Waals surface area contributed by atoms with Crippen LogP contribution in [0.4, 0.5) is 0 Å². The number of carbonyl (C=O) groups excluding carboxylic acids is 1. The zero-order valence-electron chi connectivity index (χ0n) is 6.35. The molecule has 0 saturated heterocycles. The van der Waals surface area contributed by atoms with Crippen LogP contribution in [0.15, 0.2) is 11.3 Å². The van der Waals surface area contributed by atoms with E-state index < -0.39 is 0 Å². The van der Waals surface area contributed by atoms with E-state index in [1.165, 1.54) is 0 Å². The molecule has 1 aliphatic carbocycles. The highest BCUT2D eigenvalue weighted by molar-refractivity contribution is 5.98. The summed E-state index contributed by atoms with van der Waals surface area (Å²) in [4.78, 5) is 11.0. The van der Waals surface area contributed by atoms with Crippen molar-refractivity contribution in [3.63, 3.8) is 0 Å². The van der Waals surface area contributed by atoms with E-state index in [1.54, 1.807) is 0 Å². The molecule has 0 aromatic rings. The summed E-state index contributed by atoms with van der Waals surface area (Å²) in [7, 11) is 0. The first-order chi connectivity index (χ1) is 4.66. The molecule has 2 nitrogen and oxygen atoms in total. The normalized spacial score (nSPS) is 26.2. The number of Topliss-reactive ketones (excluding diaryl/α,β-unsaturated/α-hetero) is 1. The first-order valence-electron chi connectivity index (χ1n) is 3.62. The Morgan fingerprint density at radius 2 is 2.30 bits per heavy atom. The van der Waals surface area contributed by atoms with Crippen LogP contribution >= 0.6 is 0 Å². The standard InChI is InChI=1S/C8H12O2/c1-3-6-4-5(2)7(9)8(6)10/h5,10H,3-4H2,1-2H3/t5-/m0/s1. The molecular formula is C8H12O2. The van der Waals surface area contributed by atoms with E-state index in [0.29, 0.717) is 0 Å². The quantitative estimate of drug-likeness (QED) is 0.603. The highest BCUT2D eigenvalue weighted by Gasteiger charge is 2.27. The summed E-state index contributed by atoms with van der Waals surface area (Å²) in [5.41, 5.74) is 0.914. The molecular weight excluding hydrogens is 128 g/mol. The van der Waals surface area contributed by atoms with Gasteiger partial charge in [-0.2, -0.15) is 0 Å². The summed E-state index contributed by atoms with van der Waals surface area (Å²) >= 11 is 0. The highest BCUT2D eigenvalue weighted by atomic mass is 16.3. The second-order valence-corrected chi connectivity index (χ2v) is 2.78. The lowest BCUT2D eigenvalue weighted by Gasteiger charge is -1.95. The van der Waals surface area contributed by atoms with Gasteiger partial charge in [0.05, 0.1) is 0 Å². The SMILES string of the molecule is CCC1=C(O)C(=O)[C@@H](C)C1. The highest BCUT2D eigenvalue weighted by Crippen LogP contribution is 2.27. The van der Waals surface area contributed by atoms with Crippen LogP contribution in [-0.4, -0.2) is 10.9 Å². The van der Waals surface area contributed by atoms with E-state index >= 15 is 0 Å². The van der Waals surface area contributed by atoms with Gasteiger partial charge in [-0.1, -0.05) is 13.8 Å². The van der Waals surface area contributed by atoms with Gasteiger partial charge in [0.1, 0.15) is 0 Å². The maximum absolute atomic E-state index is 11.0. The van der Waals surface area contributed by atoms with Crippen LogP contribution < -0.4 is 0 Å². The fraction of sp³-hybridized carbons (Fsp3) is 0.625. The van der Waals surface area contributed by atoms with Crippen molar-refractivity contribution in [1.29, 1.82) is 0 Å². The molecule has 0 amide bonds. The molecule has 0 aromatic carbocycles. The summed E-state index contributed by atoms with van der Waals surface area (Å²) in [6.45, 7) is 3.80. The zero-order chi connectivity index (χ0) is 7.72. The Balaban J connectivity index is 2.83. The fourth-order valence-electron chi connectivity index (χ4n) is 1.28. The molecule has 0 fully saturated rings. The molecule has 0 saturated carbocycles. The van der Waals surface area contributed by atoms with Crippen molar-refractivity contribution < 1.29 is 9.90 Å². The first-order valence-corrected chi connectivity index (χ1v) is 3.62. The van der Waals surface area contributed by atoms with Crippen LogP contribution in [0.1, 0.15) is 26.7 Å². The molecule has 1 atom stereocenters. The minimum absolute atomic E-state index is 0.00921. The molecule has 0 aliphatic heterocycles. The molecule has 1 rings (SSSR count). The maximum Gasteiger partial charge on any atom is 0.200 e. The minimum Gasteiger partial charge on any atom is -0.504 e. The van der Waals surface area contributed by atoms with Gasteiger partial charge in [0.2, 0.25) is 0 Å². The second-order valence-electron chi connectivity index (χ2n) is 2.78. The Morgan fingerprint density at radius 3 is 2.50 bits per heavy atom. The van der Waals surface area contributed by atoms with Crippen molar-refractivity contribution in [2.24, 2.45) is 5.92 Å². The molecule has 0 aromatic heterocycles. The number of aliphatic hydroxyl groups excluding tert-OH is 1. The summed E-state index contributed by atoms with van der Waals surface area (Å²) in [6.07, 6.45) is 1.54. The lowest BCUT2D eigenvalue weighted by Crippen LogP contribution is -2.04. The number of hydrogen-bond acceptors (Lipinski definition) is 2. The summed E-state index contributed by atoms with van der Waals surface area (Å²) in [5, 5.41) is 9.16. The number of aliphatic hydroxyl groups is 1. The summed E-state index contributed by atoms with van der Waals surface area (Å²) < 4.78 is 0. The molecule has 10 heavy (non-hydrogen) atoms. The lowest BCUT2D eigenvalue weighted by molar-refractivity contribution is -0.120. The predicted octanol–water partition coefficient (Wildman–Crippen LogP) is 1.82. The first kappa shape index (κ1) is 7.32. The predicted molar refractivity (Wildman–Crippen MR) is 38.7 cm³/mol. The van der Waals surface area contributed by atoms with Gasteiger partial charge in [-0.3, -0.25) is 4.79 Å². The third-order valence-corrected chi connectivity index (χ3v) is 2.00. The average Bonchev–Trinajstić information content (AvgIpc) is 2.17. The molecule has 2 heteroatoms. The average molecular weight is 140 g/mol. The fourth-order valence-corrected chi connectivity index (χ4v) is 1.28. The van der Waals surface area contributed by atoms with E-state index in [1.807, 2.05) is 13.8 Å². The smallest absolute Gasteiger partial charge is 0.200 e. The Kier molecular flexibility index (Phi) is 1.79. The Labute approximate surface area is 60.6 Å². The summed E-state index contributed by atoms with van der Waals surface area (Å²) in [5.74, 6) is -0.0539. The molecule has 0 heterocycles. The molecule has 0 radical (unpaired) electrons. The van der Waals surface area contributed by atoms with E-state index in [9.17, 15) is 4.79 Å². The molecule has 1 N–H and O–H groups in total. The van der Waals surface area contributed by atoms with Crippen molar-refractivity contribution in [3.8, 4) is 0 Å². The Bertz CT molecular complexity index is 191. The minimum atomic E-state index is -0.0862. The maximum atomic E-state index is 11.0. The van der Waals surface area contributed by atoms with Crippen molar-refractivity contribution >= 4 is 5.78 Å². The molecule has 56 valence electrons. The number of ketones is 1. The third-order valence-electron chi connectivity index (χ3n) is 2.00. The largest absolute Gasteiger partial charge is 0.504 e. The molecule has 0 bridgehead atoms. The number of allylic oxidation sites excluding steroid dienone is 2. The van der Waals surface area contributed by atoms with Crippen molar-refractivity contribution in [2.45, 2.75) is 26.7 Å². The number of hydrogen-bond donors (Lipinski definition) is 1. The lowest BCUT2D eigenvalue weighted by atomic mass is 10.1. The van der Waals surface area contributed by atoms with Gasteiger partial charge in [0.15, 0.2) is 11.5 Å². The Hall–Kier alpha value is -0.790. The van der Waals surface area contributed by atoms with Crippen LogP contribution in [0.2, 0.25) is 0 Å². The van der Waals surface area contributed by atoms with Crippen LogP contribution in [-0.2, 0) is 4.79 Å². The second kappa shape index (κ2) is 2.45. The number of rotatable bonds is 1. The molecule has 0 spiro atoms. The van der Waals surface area contributed by atoms with Crippen molar-refractivity contribution in [1.82, 2.24) is 0 Å². The number of carbonyl (C=O) groups is 1. The van der Waals surface area contributed by atoms with Gasteiger partial charge in [0.25, 0.3) is 0 Å².